The van der Waals surface area contributed by atoms with Crippen LogP contribution in [0.4, 0.5) is 0 Å². The lowest BCUT2D eigenvalue weighted by atomic mass is 10.1. The lowest BCUT2D eigenvalue weighted by Crippen LogP contribution is -2.38. The second-order valence-corrected chi connectivity index (χ2v) is 7.10. The van der Waals surface area contributed by atoms with Gasteiger partial charge in [-0.05, 0) is 54.4 Å². The molecule has 0 fully saturated rings. The number of rotatable bonds is 7. The molecule has 0 aliphatic rings. The number of ether oxygens (including phenoxy) is 1. The Kier molecular flexibility index (Phi) is 7.88. The Hall–Kier alpha value is -2.11. The maximum Gasteiger partial charge on any atom is 0.257 e. The van der Waals surface area contributed by atoms with Gasteiger partial charge in [0.15, 0.2) is 5.11 Å². The minimum absolute atomic E-state index is 0.251. The summed E-state index contributed by atoms with van der Waals surface area (Å²) in [4.78, 5) is 12.3. The van der Waals surface area contributed by atoms with Crippen LogP contribution in [0.5, 0.6) is 5.75 Å². The number of thiocarbonyl (C=S) groups is 1. The van der Waals surface area contributed by atoms with E-state index in [0.29, 0.717) is 35.4 Å². The van der Waals surface area contributed by atoms with Crippen molar-refractivity contribution in [2.75, 3.05) is 6.61 Å². The zero-order chi connectivity index (χ0) is 18.9. The summed E-state index contributed by atoms with van der Waals surface area (Å²) in [6.45, 7) is 5.35. The molecule has 2 aromatic rings. The lowest BCUT2D eigenvalue weighted by molar-refractivity contribution is 0.0976. The van der Waals surface area contributed by atoms with Crippen molar-refractivity contribution in [3.05, 3.63) is 64.7 Å². The van der Waals surface area contributed by atoms with E-state index in [0.717, 1.165) is 12.0 Å². The highest BCUT2D eigenvalue weighted by atomic mass is 35.5. The molecule has 26 heavy (non-hydrogen) atoms. The van der Waals surface area contributed by atoms with Crippen molar-refractivity contribution >= 4 is 34.8 Å². The lowest BCUT2D eigenvalue weighted by Gasteiger charge is -2.12. The van der Waals surface area contributed by atoms with Crippen molar-refractivity contribution in [1.82, 2.24) is 10.6 Å². The van der Waals surface area contributed by atoms with E-state index in [1.54, 1.807) is 18.2 Å². The van der Waals surface area contributed by atoms with Crippen LogP contribution in [0, 0.1) is 5.92 Å². The van der Waals surface area contributed by atoms with E-state index in [2.05, 4.69) is 24.5 Å². The van der Waals surface area contributed by atoms with Crippen LogP contribution < -0.4 is 15.4 Å². The molecule has 138 valence electrons. The van der Waals surface area contributed by atoms with E-state index in [1.165, 1.54) is 0 Å². The summed E-state index contributed by atoms with van der Waals surface area (Å²) in [5.41, 5.74) is 1.40. The third-order valence-corrected chi connectivity index (χ3v) is 4.30. The highest BCUT2D eigenvalue weighted by Gasteiger charge is 2.09. The van der Waals surface area contributed by atoms with E-state index in [1.807, 2.05) is 30.3 Å². The van der Waals surface area contributed by atoms with E-state index in [-0.39, 0.29) is 11.0 Å². The van der Waals surface area contributed by atoms with Crippen LogP contribution in [-0.2, 0) is 6.54 Å². The fourth-order valence-electron chi connectivity index (χ4n) is 2.18. The summed E-state index contributed by atoms with van der Waals surface area (Å²) >= 11 is 11.3. The molecule has 0 saturated carbocycles. The first kappa shape index (κ1) is 20.2. The standard InChI is InChI=1S/C20H23ClN2O2S/c1-14(2)10-11-25-17-8-5-7-15(12-17)19(24)23-20(26)22-13-16-6-3-4-9-18(16)21/h3-9,12,14H,10-11,13H2,1-2H3,(H2,22,23,24,26). The molecule has 0 spiro atoms. The van der Waals surface area contributed by atoms with Crippen LogP contribution in [0.2, 0.25) is 5.02 Å². The first-order chi connectivity index (χ1) is 12.5. The van der Waals surface area contributed by atoms with Crippen molar-refractivity contribution in [3.63, 3.8) is 0 Å². The quantitative estimate of drug-likeness (QED) is 0.680. The molecule has 1 amide bonds. The molecule has 2 N–H and O–H groups in total. The van der Waals surface area contributed by atoms with Crippen molar-refractivity contribution in [2.24, 2.45) is 5.92 Å². The Labute approximate surface area is 164 Å². The smallest absolute Gasteiger partial charge is 0.257 e. The SMILES string of the molecule is CC(C)CCOc1cccc(C(=O)NC(=S)NCc2ccccc2Cl)c1. The number of nitrogens with one attached hydrogen (secondary N) is 2. The Morgan fingerprint density at radius 2 is 1.96 bits per heavy atom. The molecular formula is C20H23ClN2O2S. The molecule has 0 unspecified atom stereocenters. The molecule has 4 nitrogen and oxygen atoms in total. The Morgan fingerprint density at radius 3 is 2.69 bits per heavy atom. The van der Waals surface area contributed by atoms with Crippen molar-refractivity contribution in [2.45, 2.75) is 26.8 Å². The van der Waals surface area contributed by atoms with E-state index >= 15 is 0 Å². The highest BCUT2D eigenvalue weighted by molar-refractivity contribution is 7.80. The molecule has 6 heteroatoms. The molecule has 2 rings (SSSR count). The van der Waals surface area contributed by atoms with E-state index < -0.39 is 0 Å². The summed E-state index contributed by atoms with van der Waals surface area (Å²) in [7, 11) is 0. The first-order valence-electron chi connectivity index (χ1n) is 8.51. The van der Waals surface area contributed by atoms with Crippen LogP contribution in [0.25, 0.3) is 0 Å². The second kappa shape index (κ2) is 10.1. The highest BCUT2D eigenvalue weighted by Crippen LogP contribution is 2.15. The Balaban J connectivity index is 1.86. The van der Waals surface area contributed by atoms with Gasteiger partial charge in [-0.15, -0.1) is 0 Å². The molecule has 0 aliphatic heterocycles. The monoisotopic (exact) mass is 390 g/mol. The number of hydrogen-bond acceptors (Lipinski definition) is 3. The number of hydrogen-bond donors (Lipinski definition) is 2. The number of halogens is 1. The molecular weight excluding hydrogens is 368 g/mol. The van der Waals surface area contributed by atoms with Crippen LogP contribution in [0.1, 0.15) is 36.2 Å². The molecule has 2 aromatic carbocycles. The molecule has 0 heterocycles. The number of benzene rings is 2. The largest absolute Gasteiger partial charge is 0.494 e. The first-order valence-corrected chi connectivity index (χ1v) is 9.30. The Bertz CT molecular complexity index is 765. The molecule has 0 aliphatic carbocycles. The van der Waals surface area contributed by atoms with Gasteiger partial charge in [-0.2, -0.15) is 0 Å². The summed E-state index contributed by atoms with van der Waals surface area (Å²) in [5, 5.41) is 6.56. The fraction of sp³-hybridized carbons (Fsp3) is 0.300. The van der Waals surface area contributed by atoms with Gasteiger partial charge < -0.3 is 10.1 Å². The zero-order valence-corrected chi connectivity index (χ0v) is 16.5. The fourth-order valence-corrected chi connectivity index (χ4v) is 2.54. The normalized spacial score (nSPS) is 10.5. The topological polar surface area (TPSA) is 50.4 Å². The van der Waals surface area contributed by atoms with Crippen molar-refractivity contribution in [3.8, 4) is 5.75 Å². The van der Waals surface area contributed by atoms with E-state index in [4.69, 9.17) is 28.6 Å². The Morgan fingerprint density at radius 1 is 1.19 bits per heavy atom. The van der Waals surface area contributed by atoms with Gasteiger partial charge in [-0.3, -0.25) is 10.1 Å². The summed E-state index contributed by atoms with van der Waals surface area (Å²) < 4.78 is 5.69. The molecule has 0 aromatic heterocycles. The minimum atomic E-state index is -0.282. The maximum atomic E-state index is 12.3. The molecule has 0 bridgehead atoms. The van der Waals surface area contributed by atoms with Crippen molar-refractivity contribution < 1.29 is 9.53 Å². The average molecular weight is 391 g/mol. The third-order valence-electron chi connectivity index (χ3n) is 3.68. The number of amides is 1. The van der Waals surface area contributed by atoms with Gasteiger partial charge in [-0.25, -0.2) is 0 Å². The van der Waals surface area contributed by atoms with E-state index in [9.17, 15) is 4.79 Å². The van der Waals surface area contributed by atoms with Crippen LogP contribution in [-0.4, -0.2) is 17.6 Å². The van der Waals surface area contributed by atoms with Gasteiger partial charge in [0.05, 0.1) is 6.61 Å². The van der Waals surface area contributed by atoms with Crippen molar-refractivity contribution in [1.29, 1.82) is 0 Å². The van der Waals surface area contributed by atoms with Gasteiger partial charge in [0.1, 0.15) is 5.75 Å². The minimum Gasteiger partial charge on any atom is -0.494 e. The van der Waals surface area contributed by atoms with Gasteiger partial charge in [-0.1, -0.05) is 49.7 Å². The van der Waals surface area contributed by atoms with Gasteiger partial charge in [0.2, 0.25) is 0 Å². The second-order valence-electron chi connectivity index (χ2n) is 6.29. The molecule has 0 radical (unpaired) electrons. The molecule has 0 atom stereocenters. The van der Waals surface area contributed by atoms with Crippen LogP contribution in [0.15, 0.2) is 48.5 Å². The number of carbonyl (C=O) groups is 1. The predicted molar refractivity (Wildman–Crippen MR) is 110 cm³/mol. The van der Waals surface area contributed by atoms with Gasteiger partial charge >= 0.3 is 0 Å². The third kappa shape index (κ3) is 6.65. The maximum absolute atomic E-state index is 12.3. The molecule has 0 saturated heterocycles. The van der Waals surface area contributed by atoms with Crippen LogP contribution >= 0.6 is 23.8 Å². The summed E-state index contributed by atoms with van der Waals surface area (Å²) in [6.07, 6.45) is 0.965. The summed E-state index contributed by atoms with van der Waals surface area (Å²) in [6, 6.07) is 14.5. The van der Waals surface area contributed by atoms with Gasteiger partial charge in [0, 0.05) is 17.1 Å². The summed E-state index contributed by atoms with van der Waals surface area (Å²) in [5.74, 6) is 0.965. The zero-order valence-electron chi connectivity index (χ0n) is 14.9. The number of carbonyl (C=O) groups excluding carboxylic acids is 1. The predicted octanol–water partition coefficient (Wildman–Crippen LogP) is 4.57. The van der Waals surface area contributed by atoms with Gasteiger partial charge in [0.25, 0.3) is 5.91 Å². The average Bonchev–Trinajstić information content (AvgIpc) is 2.61. The van der Waals surface area contributed by atoms with Crippen LogP contribution in [0.3, 0.4) is 0 Å².